The van der Waals surface area contributed by atoms with Crippen molar-refractivity contribution in [3.8, 4) is 5.75 Å². The quantitative estimate of drug-likeness (QED) is 0.621. The van der Waals surface area contributed by atoms with Crippen molar-refractivity contribution in [3.63, 3.8) is 0 Å². The van der Waals surface area contributed by atoms with Crippen LogP contribution in [-0.4, -0.2) is 48.4 Å². The molecule has 162 valence electrons. The van der Waals surface area contributed by atoms with E-state index in [4.69, 9.17) is 4.74 Å². The van der Waals surface area contributed by atoms with Crippen LogP contribution in [-0.2, 0) is 16.0 Å². The summed E-state index contributed by atoms with van der Waals surface area (Å²) in [5.41, 5.74) is 2.26. The first-order chi connectivity index (χ1) is 14.4. The van der Waals surface area contributed by atoms with Gasteiger partial charge < -0.3 is 14.5 Å². The van der Waals surface area contributed by atoms with Gasteiger partial charge in [-0.25, -0.2) is 0 Å². The van der Waals surface area contributed by atoms with Crippen LogP contribution in [0.3, 0.4) is 0 Å². The van der Waals surface area contributed by atoms with E-state index in [1.54, 1.807) is 23.3 Å². The van der Waals surface area contributed by atoms with Gasteiger partial charge in [0, 0.05) is 24.4 Å². The first-order valence-electron chi connectivity index (χ1n) is 10.7. The van der Waals surface area contributed by atoms with Crippen molar-refractivity contribution >= 4 is 23.2 Å². The normalized spacial score (nSPS) is 15.8. The third-order valence-electron chi connectivity index (χ3n) is 5.45. The summed E-state index contributed by atoms with van der Waals surface area (Å²) in [5, 5.41) is 2.10. The monoisotopic (exact) mass is 428 g/mol. The number of fused-ring (bicyclic) bond motifs is 1. The number of hydrogen-bond donors (Lipinski definition) is 0. The first-order valence-corrected chi connectivity index (χ1v) is 11.6. The van der Waals surface area contributed by atoms with Gasteiger partial charge in [0.25, 0.3) is 0 Å². The van der Waals surface area contributed by atoms with Gasteiger partial charge in [0.05, 0.1) is 19.7 Å². The predicted molar refractivity (Wildman–Crippen MR) is 121 cm³/mol. The minimum Gasteiger partial charge on any atom is -0.497 e. The molecule has 2 aromatic rings. The summed E-state index contributed by atoms with van der Waals surface area (Å²) in [6, 6.07) is 9.95. The molecule has 0 spiro atoms. The molecular weight excluding hydrogens is 396 g/mol. The Kier molecular flexibility index (Phi) is 7.53. The zero-order chi connectivity index (χ0) is 21.7. The number of nitrogens with zero attached hydrogens (tertiary/aromatic N) is 2. The lowest BCUT2D eigenvalue weighted by molar-refractivity contribution is -0.142. The van der Waals surface area contributed by atoms with E-state index in [9.17, 15) is 9.59 Å². The second-order valence-electron chi connectivity index (χ2n) is 8.23. The number of thiophene rings is 1. The summed E-state index contributed by atoms with van der Waals surface area (Å²) in [7, 11) is 1.65. The van der Waals surface area contributed by atoms with Crippen molar-refractivity contribution in [3.05, 3.63) is 51.7 Å². The molecule has 0 radical (unpaired) electrons. The molecule has 0 saturated carbocycles. The third kappa shape index (κ3) is 5.04. The molecule has 1 aliphatic rings. The molecule has 0 fully saturated rings. The van der Waals surface area contributed by atoms with Gasteiger partial charge in [0.1, 0.15) is 5.75 Å². The molecule has 0 unspecified atom stereocenters. The molecule has 1 aromatic carbocycles. The molecule has 0 bridgehead atoms. The summed E-state index contributed by atoms with van der Waals surface area (Å²) in [6.45, 7) is 7.57. The molecule has 3 rings (SSSR count). The Morgan fingerprint density at radius 3 is 2.60 bits per heavy atom. The smallest absolute Gasteiger partial charge is 0.242 e. The molecule has 1 atom stereocenters. The van der Waals surface area contributed by atoms with Crippen LogP contribution in [0.25, 0.3) is 0 Å². The highest BCUT2D eigenvalue weighted by Gasteiger charge is 2.34. The number of carbonyl (C=O) groups is 2. The van der Waals surface area contributed by atoms with Gasteiger partial charge in [-0.15, -0.1) is 11.3 Å². The maximum absolute atomic E-state index is 13.4. The highest BCUT2D eigenvalue weighted by molar-refractivity contribution is 7.10. The molecule has 1 aromatic heterocycles. The Labute approximate surface area is 183 Å². The zero-order valence-electron chi connectivity index (χ0n) is 18.4. The topological polar surface area (TPSA) is 49.9 Å². The number of benzene rings is 1. The van der Waals surface area contributed by atoms with E-state index in [-0.39, 0.29) is 24.4 Å². The van der Waals surface area contributed by atoms with Crippen LogP contribution in [0.5, 0.6) is 5.75 Å². The molecule has 2 amide bonds. The van der Waals surface area contributed by atoms with Crippen molar-refractivity contribution in [1.29, 1.82) is 0 Å². The number of ether oxygens (including phenoxy) is 1. The van der Waals surface area contributed by atoms with Crippen LogP contribution in [0.2, 0.25) is 0 Å². The zero-order valence-corrected chi connectivity index (χ0v) is 19.2. The van der Waals surface area contributed by atoms with E-state index in [0.29, 0.717) is 25.4 Å². The molecule has 0 aliphatic carbocycles. The first kappa shape index (κ1) is 22.3. The Morgan fingerprint density at radius 2 is 1.97 bits per heavy atom. The van der Waals surface area contributed by atoms with Crippen LogP contribution in [0.1, 0.15) is 55.7 Å². The van der Waals surface area contributed by atoms with E-state index in [1.807, 2.05) is 36.1 Å². The fourth-order valence-electron chi connectivity index (χ4n) is 4.05. The Bertz CT molecular complexity index is 860. The summed E-state index contributed by atoms with van der Waals surface area (Å²) < 4.78 is 5.30. The van der Waals surface area contributed by atoms with Crippen LogP contribution in [0.15, 0.2) is 35.7 Å². The van der Waals surface area contributed by atoms with E-state index in [2.05, 4.69) is 25.3 Å². The SMILES string of the molecule is CCCC(=O)N(CC(=O)N1CCc2sccc2[C@H]1c1ccc(OC)cc1)CC(C)C. The van der Waals surface area contributed by atoms with Crippen molar-refractivity contribution < 1.29 is 14.3 Å². The largest absolute Gasteiger partial charge is 0.497 e. The van der Waals surface area contributed by atoms with Gasteiger partial charge in [-0.1, -0.05) is 32.9 Å². The van der Waals surface area contributed by atoms with Crippen molar-refractivity contribution in [2.75, 3.05) is 26.7 Å². The highest BCUT2D eigenvalue weighted by Crippen LogP contribution is 2.38. The molecular formula is C24H32N2O3S. The van der Waals surface area contributed by atoms with Crippen molar-refractivity contribution in [2.45, 2.75) is 46.1 Å². The minimum absolute atomic E-state index is 0.0118. The van der Waals surface area contributed by atoms with E-state index >= 15 is 0 Å². The molecule has 1 aliphatic heterocycles. The lowest BCUT2D eigenvalue weighted by atomic mass is 9.93. The maximum Gasteiger partial charge on any atom is 0.242 e. The average molecular weight is 429 g/mol. The van der Waals surface area contributed by atoms with Gasteiger partial charge in [-0.3, -0.25) is 9.59 Å². The van der Waals surface area contributed by atoms with E-state index in [0.717, 1.165) is 24.2 Å². The van der Waals surface area contributed by atoms with Crippen LogP contribution in [0, 0.1) is 5.92 Å². The molecule has 6 heteroatoms. The fraction of sp³-hybridized carbons (Fsp3) is 0.500. The Morgan fingerprint density at radius 1 is 1.23 bits per heavy atom. The molecule has 30 heavy (non-hydrogen) atoms. The van der Waals surface area contributed by atoms with Crippen LogP contribution < -0.4 is 4.74 Å². The lowest BCUT2D eigenvalue weighted by Crippen LogP contribution is -2.47. The summed E-state index contributed by atoms with van der Waals surface area (Å²) in [5.74, 6) is 1.19. The van der Waals surface area contributed by atoms with Gasteiger partial charge in [0.15, 0.2) is 0 Å². The Balaban J connectivity index is 1.87. The number of amides is 2. The number of carbonyl (C=O) groups excluding carboxylic acids is 2. The second kappa shape index (κ2) is 10.1. The lowest BCUT2D eigenvalue weighted by Gasteiger charge is -2.38. The number of rotatable bonds is 8. The number of hydrogen-bond acceptors (Lipinski definition) is 4. The summed E-state index contributed by atoms with van der Waals surface area (Å²) >= 11 is 1.75. The standard InChI is InChI=1S/C24H32N2O3S/c1-5-6-22(27)25(15-17(2)3)16-23(28)26-13-11-21-20(12-14-30-21)24(26)18-7-9-19(29-4)10-8-18/h7-10,12,14,17,24H,5-6,11,13,15-16H2,1-4H3/t24-/m1/s1. The summed E-state index contributed by atoms with van der Waals surface area (Å²) in [4.78, 5) is 31.1. The van der Waals surface area contributed by atoms with E-state index < -0.39 is 0 Å². The van der Waals surface area contributed by atoms with Gasteiger partial charge in [0.2, 0.25) is 11.8 Å². The average Bonchev–Trinajstić information content (AvgIpc) is 3.21. The Hall–Kier alpha value is -2.34. The second-order valence-corrected chi connectivity index (χ2v) is 9.23. The van der Waals surface area contributed by atoms with Crippen LogP contribution >= 0.6 is 11.3 Å². The van der Waals surface area contributed by atoms with E-state index in [1.165, 1.54) is 10.4 Å². The molecule has 0 N–H and O–H groups in total. The maximum atomic E-state index is 13.4. The highest BCUT2D eigenvalue weighted by atomic mass is 32.1. The third-order valence-corrected chi connectivity index (χ3v) is 6.44. The fourth-order valence-corrected chi connectivity index (χ4v) is 4.96. The van der Waals surface area contributed by atoms with Gasteiger partial charge in [-0.2, -0.15) is 0 Å². The van der Waals surface area contributed by atoms with Crippen molar-refractivity contribution in [1.82, 2.24) is 9.80 Å². The van der Waals surface area contributed by atoms with Crippen LogP contribution in [0.4, 0.5) is 0 Å². The molecule has 5 nitrogen and oxygen atoms in total. The minimum atomic E-state index is -0.124. The van der Waals surface area contributed by atoms with Gasteiger partial charge in [-0.05, 0) is 53.5 Å². The number of methoxy groups -OCH3 is 1. The molecule has 2 heterocycles. The predicted octanol–water partition coefficient (Wildman–Crippen LogP) is 4.52. The van der Waals surface area contributed by atoms with Crippen molar-refractivity contribution in [2.24, 2.45) is 5.92 Å². The van der Waals surface area contributed by atoms with Gasteiger partial charge >= 0.3 is 0 Å². The molecule has 0 saturated heterocycles. The summed E-state index contributed by atoms with van der Waals surface area (Å²) in [6.07, 6.45) is 2.13.